The summed E-state index contributed by atoms with van der Waals surface area (Å²) in [7, 11) is 1.99. The minimum atomic E-state index is 0.191. The van der Waals surface area contributed by atoms with Gasteiger partial charge in [0.05, 0.1) is 4.88 Å². The van der Waals surface area contributed by atoms with Crippen molar-refractivity contribution in [2.45, 2.75) is 18.9 Å². The first kappa shape index (κ1) is 12.6. The van der Waals surface area contributed by atoms with Crippen molar-refractivity contribution in [3.63, 3.8) is 0 Å². The van der Waals surface area contributed by atoms with Gasteiger partial charge in [0, 0.05) is 23.8 Å². The Kier molecular flexibility index (Phi) is 3.53. The summed E-state index contributed by atoms with van der Waals surface area (Å²) in [5, 5.41) is 4.46. The number of piperidine rings is 1. The van der Waals surface area contributed by atoms with Crippen molar-refractivity contribution in [2.75, 3.05) is 20.1 Å². The summed E-state index contributed by atoms with van der Waals surface area (Å²) >= 11 is 1.60. The fraction of sp³-hybridized carbons (Fsp3) is 0.400. The average molecular weight is 274 g/mol. The van der Waals surface area contributed by atoms with Crippen LogP contribution in [-0.4, -0.2) is 37.0 Å². The quantitative estimate of drug-likeness (QED) is 0.913. The molecule has 0 saturated carbocycles. The minimum absolute atomic E-state index is 0.191. The lowest BCUT2D eigenvalue weighted by Gasteiger charge is -2.31. The number of likely N-dealkylation sites (tertiary alicyclic amines) is 1. The number of hydrogen-bond acceptors (Lipinski definition) is 3. The number of benzene rings is 1. The maximum Gasteiger partial charge on any atom is 0.263 e. The first-order chi connectivity index (χ1) is 9.28. The Hall–Kier alpha value is -1.39. The van der Waals surface area contributed by atoms with Gasteiger partial charge in [-0.2, -0.15) is 0 Å². The van der Waals surface area contributed by atoms with Crippen LogP contribution in [0.25, 0.3) is 10.1 Å². The third-order valence-electron chi connectivity index (χ3n) is 3.83. The van der Waals surface area contributed by atoms with E-state index in [2.05, 4.69) is 17.4 Å². The van der Waals surface area contributed by atoms with Gasteiger partial charge in [-0.3, -0.25) is 4.79 Å². The molecule has 0 bridgehead atoms. The molecule has 1 aliphatic rings. The van der Waals surface area contributed by atoms with Gasteiger partial charge < -0.3 is 10.2 Å². The van der Waals surface area contributed by atoms with E-state index in [1.165, 1.54) is 10.1 Å². The van der Waals surface area contributed by atoms with Crippen molar-refractivity contribution in [1.29, 1.82) is 0 Å². The number of thiophene rings is 1. The molecule has 1 fully saturated rings. The number of amides is 1. The Bertz CT molecular complexity index is 552. The molecule has 1 N–H and O–H groups in total. The number of carbonyl (C=O) groups is 1. The smallest absolute Gasteiger partial charge is 0.263 e. The molecule has 0 unspecified atom stereocenters. The number of fused-ring (bicyclic) bond motifs is 1. The van der Waals surface area contributed by atoms with Crippen LogP contribution in [0.1, 0.15) is 22.5 Å². The second-order valence-corrected chi connectivity index (χ2v) is 6.09. The van der Waals surface area contributed by atoms with E-state index in [0.717, 1.165) is 30.8 Å². The molecule has 3 nitrogen and oxygen atoms in total. The largest absolute Gasteiger partial charge is 0.338 e. The summed E-state index contributed by atoms with van der Waals surface area (Å²) in [5.41, 5.74) is 0. The SMILES string of the molecule is CNC1CCN(C(=O)c2cc3ccccc3s2)CC1. The molecule has 4 heteroatoms. The molecule has 1 aromatic heterocycles. The lowest BCUT2D eigenvalue weighted by Crippen LogP contribution is -2.43. The van der Waals surface area contributed by atoms with Crippen LogP contribution in [0.5, 0.6) is 0 Å². The van der Waals surface area contributed by atoms with Gasteiger partial charge >= 0.3 is 0 Å². The van der Waals surface area contributed by atoms with E-state index >= 15 is 0 Å². The van der Waals surface area contributed by atoms with Crippen LogP contribution < -0.4 is 5.32 Å². The van der Waals surface area contributed by atoms with Gasteiger partial charge in [-0.25, -0.2) is 0 Å². The average Bonchev–Trinajstić information content (AvgIpc) is 2.90. The van der Waals surface area contributed by atoms with Gasteiger partial charge in [0.2, 0.25) is 0 Å². The van der Waals surface area contributed by atoms with Crippen LogP contribution in [0.2, 0.25) is 0 Å². The molecule has 100 valence electrons. The van der Waals surface area contributed by atoms with Gasteiger partial charge in [0.25, 0.3) is 5.91 Å². The van der Waals surface area contributed by atoms with Gasteiger partial charge in [-0.05, 0) is 37.4 Å². The van der Waals surface area contributed by atoms with Crippen LogP contribution in [0.4, 0.5) is 0 Å². The topological polar surface area (TPSA) is 32.3 Å². The lowest BCUT2D eigenvalue weighted by molar-refractivity contribution is 0.0712. The first-order valence-electron chi connectivity index (χ1n) is 6.73. The van der Waals surface area contributed by atoms with E-state index < -0.39 is 0 Å². The fourth-order valence-corrected chi connectivity index (χ4v) is 3.65. The summed E-state index contributed by atoms with van der Waals surface area (Å²) in [6.07, 6.45) is 2.10. The van der Waals surface area contributed by atoms with Crippen molar-refractivity contribution in [2.24, 2.45) is 0 Å². The maximum absolute atomic E-state index is 12.5. The molecular weight excluding hydrogens is 256 g/mol. The molecule has 19 heavy (non-hydrogen) atoms. The van der Waals surface area contributed by atoms with Crippen LogP contribution in [0.3, 0.4) is 0 Å². The third-order valence-corrected chi connectivity index (χ3v) is 4.93. The molecule has 2 heterocycles. The normalized spacial score (nSPS) is 17.0. The predicted octanol–water partition coefficient (Wildman–Crippen LogP) is 2.73. The Morgan fingerprint density at radius 3 is 2.74 bits per heavy atom. The zero-order chi connectivity index (χ0) is 13.2. The van der Waals surface area contributed by atoms with Crippen LogP contribution >= 0.6 is 11.3 Å². The summed E-state index contributed by atoms with van der Waals surface area (Å²) in [6.45, 7) is 1.72. The summed E-state index contributed by atoms with van der Waals surface area (Å²) in [5.74, 6) is 0.191. The molecule has 3 rings (SSSR count). The van der Waals surface area contributed by atoms with Crippen molar-refractivity contribution in [3.05, 3.63) is 35.2 Å². The standard InChI is InChI=1S/C15H18N2OS/c1-16-12-6-8-17(9-7-12)15(18)14-10-11-4-2-3-5-13(11)19-14/h2-5,10,12,16H,6-9H2,1H3. The Labute approximate surface area is 117 Å². The van der Waals surface area contributed by atoms with Gasteiger partial charge in [0.1, 0.15) is 0 Å². The second kappa shape index (κ2) is 5.31. The van der Waals surface area contributed by atoms with Gasteiger partial charge in [-0.15, -0.1) is 11.3 Å². The molecule has 1 saturated heterocycles. The molecular formula is C15H18N2OS. The van der Waals surface area contributed by atoms with E-state index in [0.29, 0.717) is 6.04 Å². The fourth-order valence-electron chi connectivity index (χ4n) is 2.61. The van der Waals surface area contributed by atoms with Crippen LogP contribution in [-0.2, 0) is 0 Å². The van der Waals surface area contributed by atoms with Crippen molar-refractivity contribution in [3.8, 4) is 0 Å². The van der Waals surface area contributed by atoms with E-state index in [1.54, 1.807) is 11.3 Å². The molecule has 0 spiro atoms. The Morgan fingerprint density at radius 1 is 1.32 bits per heavy atom. The van der Waals surface area contributed by atoms with E-state index in [-0.39, 0.29) is 5.91 Å². The third kappa shape index (κ3) is 2.51. The number of nitrogens with one attached hydrogen (secondary N) is 1. The van der Waals surface area contributed by atoms with Crippen molar-refractivity contribution < 1.29 is 4.79 Å². The summed E-state index contributed by atoms with van der Waals surface area (Å²) < 4.78 is 1.19. The van der Waals surface area contributed by atoms with Crippen LogP contribution in [0.15, 0.2) is 30.3 Å². The molecule has 0 radical (unpaired) electrons. The number of rotatable bonds is 2. The second-order valence-electron chi connectivity index (χ2n) is 5.00. The molecule has 2 aromatic rings. The van der Waals surface area contributed by atoms with E-state index in [9.17, 15) is 4.79 Å². The Morgan fingerprint density at radius 2 is 2.05 bits per heavy atom. The number of carbonyl (C=O) groups excluding carboxylic acids is 1. The predicted molar refractivity (Wildman–Crippen MR) is 79.8 cm³/mol. The zero-order valence-corrected chi connectivity index (χ0v) is 11.9. The molecule has 0 aliphatic carbocycles. The zero-order valence-electron chi connectivity index (χ0n) is 11.1. The maximum atomic E-state index is 12.5. The van der Waals surface area contributed by atoms with Crippen molar-refractivity contribution >= 4 is 27.3 Å². The van der Waals surface area contributed by atoms with Crippen molar-refractivity contribution in [1.82, 2.24) is 10.2 Å². The number of hydrogen-bond donors (Lipinski definition) is 1. The molecule has 1 amide bonds. The minimum Gasteiger partial charge on any atom is -0.338 e. The van der Waals surface area contributed by atoms with Gasteiger partial charge in [0.15, 0.2) is 0 Å². The Balaban J connectivity index is 1.77. The molecule has 1 aromatic carbocycles. The first-order valence-corrected chi connectivity index (χ1v) is 7.54. The number of nitrogens with zero attached hydrogens (tertiary/aromatic N) is 1. The highest BCUT2D eigenvalue weighted by Gasteiger charge is 2.23. The molecule has 1 aliphatic heterocycles. The van der Waals surface area contributed by atoms with E-state index in [4.69, 9.17) is 0 Å². The van der Waals surface area contributed by atoms with Crippen LogP contribution in [0, 0.1) is 0 Å². The highest BCUT2D eigenvalue weighted by atomic mass is 32.1. The molecule has 0 atom stereocenters. The lowest BCUT2D eigenvalue weighted by atomic mass is 10.1. The summed E-state index contributed by atoms with van der Waals surface area (Å²) in [6, 6.07) is 10.8. The monoisotopic (exact) mass is 274 g/mol. The highest BCUT2D eigenvalue weighted by molar-refractivity contribution is 7.20. The summed E-state index contributed by atoms with van der Waals surface area (Å²) in [4.78, 5) is 15.3. The van der Waals surface area contributed by atoms with E-state index in [1.807, 2.05) is 30.1 Å². The van der Waals surface area contributed by atoms with Gasteiger partial charge in [-0.1, -0.05) is 18.2 Å². The highest BCUT2D eigenvalue weighted by Crippen LogP contribution is 2.27.